The molecule has 9 heteroatoms. The first kappa shape index (κ1) is 22.8. The van der Waals surface area contributed by atoms with Gasteiger partial charge in [0.25, 0.3) is 0 Å². The van der Waals surface area contributed by atoms with Gasteiger partial charge in [0.05, 0.1) is 4.90 Å². The summed E-state index contributed by atoms with van der Waals surface area (Å²) in [5.74, 6) is -1.15. The molecule has 0 aliphatic carbocycles. The van der Waals surface area contributed by atoms with Gasteiger partial charge in [0.15, 0.2) is 9.84 Å². The van der Waals surface area contributed by atoms with Crippen LogP contribution in [0.15, 0.2) is 75.7 Å². The van der Waals surface area contributed by atoms with E-state index in [4.69, 9.17) is 11.6 Å². The zero-order chi connectivity index (χ0) is 22.8. The second-order valence-electron chi connectivity index (χ2n) is 7.33. The lowest BCUT2D eigenvalue weighted by Crippen LogP contribution is -2.16. The smallest absolute Gasteiger partial charge is 0.250 e. The quantitative estimate of drug-likeness (QED) is 0.480. The standard InChI is InChI=1S/C22H20ClFN2O4S/c1-26-13-15(5-10-22(26)27)21(25-28)12-19(18-9-6-16(23)11-20(18)24)14-3-7-17(8-4-14)31(2,29)30/h3-11,13,19,21H,12H2,1-2H3. The van der Waals surface area contributed by atoms with Crippen LogP contribution in [0.1, 0.15) is 35.1 Å². The van der Waals surface area contributed by atoms with Gasteiger partial charge in [0, 0.05) is 36.5 Å². The largest absolute Gasteiger partial charge is 0.318 e. The number of sulfone groups is 1. The molecule has 3 aromatic rings. The predicted octanol–water partition coefficient (Wildman–Crippen LogP) is 4.61. The van der Waals surface area contributed by atoms with E-state index in [1.807, 2.05) is 0 Å². The van der Waals surface area contributed by atoms with Crippen molar-refractivity contribution in [1.29, 1.82) is 0 Å². The number of hydrogen-bond donors (Lipinski definition) is 0. The lowest BCUT2D eigenvalue weighted by Gasteiger charge is -2.22. The van der Waals surface area contributed by atoms with Crippen LogP contribution in [0.2, 0.25) is 5.02 Å². The number of halogens is 2. The van der Waals surface area contributed by atoms with Crippen LogP contribution in [0, 0.1) is 10.7 Å². The molecule has 3 rings (SSSR count). The minimum Gasteiger partial charge on any atom is -0.318 e. The Morgan fingerprint density at radius 2 is 1.71 bits per heavy atom. The number of aryl methyl sites for hydroxylation is 1. The summed E-state index contributed by atoms with van der Waals surface area (Å²) in [6.45, 7) is 0. The first-order valence-electron chi connectivity index (χ1n) is 9.34. The van der Waals surface area contributed by atoms with Crippen LogP contribution >= 0.6 is 11.6 Å². The van der Waals surface area contributed by atoms with Crippen molar-refractivity contribution >= 4 is 21.4 Å². The molecule has 0 amide bonds. The zero-order valence-corrected chi connectivity index (χ0v) is 18.4. The molecule has 1 aromatic heterocycles. The summed E-state index contributed by atoms with van der Waals surface area (Å²) < 4.78 is 39.7. The Bertz CT molecular complexity index is 1270. The second-order valence-corrected chi connectivity index (χ2v) is 9.78. The Labute approximate surface area is 184 Å². The molecule has 2 aromatic carbocycles. The third kappa shape index (κ3) is 5.26. The van der Waals surface area contributed by atoms with Crippen molar-refractivity contribution in [3.63, 3.8) is 0 Å². The van der Waals surface area contributed by atoms with Crippen LogP contribution in [0.4, 0.5) is 4.39 Å². The van der Waals surface area contributed by atoms with Gasteiger partial charge >= 0.3 is 0 Å². The molecule has 0 spiro atoms. The Kier molecular flexibility index (Phi) is 6.71. The molecular weight excluding hydrogens is 443 g/mol. The van der Waals surface area contributed by atoms with E-state index in [9.17, 15) is 22.5 Å². The number of pyridine rings is 1. The summed E-state index contributed by atoms with van der Waals surface area (Å²) in [6, 6.07) is 12.4. The summed E-state index contributed by atoms with van der Waals surface area (Å²) in [7, 11) is -1.83. The van der Waals surface area contributed by atoms with E-state index in [0.29, 0.717) is 16.7 Å². The lowest BCUT2D eigenvalue weighted by molar-refractivity contribution is 0.548. The summed E-state index contributed by atoms with van der Waals surface area (Å²) in [5.41, 5.74) is 1.20. The number of benzene rings is 2. The number of hydrogen-bond acceptors (Lipinski definition) is 5. The Balaban J connectivity index is 2.07. The van der Waals surface area contributed by atoms with Gasteiger partial charge in [-0.1, -0.05) is 35.0 Å². The zero-order valence-electron chi connectivity index (χ0n) is 16.8. The van der Waals surface area contributed by atoms with Gasteiger partial charge in [0.1, 0.15) is 11.9 Å². The Hall–Kier alpha value is -2.84. The maximum atomic E-state index is 14.8. The summed E-state index contributed by atoms with van der Waals surface area (Å²) in [5, 5.41) is 3.45. The fourth-order valence-corrected chi connectivity index (χ4v) is 4.24. The van der Waals surface area contributed by atoms with Crippen LogP contribution in [-0.2, 0) is 16.9 Å². The van der Waals surface area contributed by atoms with Crippen LogP contribution in [0.5, 0.6) is 0 Å². The van der Waals surface area contributed by atoms with Gasteiger partial charge in [-0.3, -0.25) is 4.79 Å². The molecule has 0 radical (unpaired) electrons. The van der Waals surface area contributed by atoms with Gasteiger partial charge in [-0.15, -0.1) is 0 Å². The first-order chi connectivity index (χ1) is 14.6. The van der Waals surface area contributed by atoms with Gasteiger partial charge in [0.2, 0.25) is 5.56 Å². The molecule has 31 heavy (non-hydrogen) atoms. The van der Waals surface area contributed by atoms with Crippen molar-refractivity contribution in [3.8, 4) is 0 Å². The monoisotopic (exact) mass is 462 g/mol. The fourth-order valence-electron chi connectivity index (χ4n) is 3.45. The Morgan fingerprint density at radius 3 is 2.26 bits per heavy atom. The predicted molar refractivity (Wildman–Crippen MR) is 118 cm³/mol. The van der Waals surface area contributed by atoms with Crippen molar-refractivity contribution in [1.82, 2.24) is 4.57 Å². The number of nitrogens with zero attached hydrogens (tertiary/aromatic N) is 2. The van der Waals surface area contributed by atoms with Crippen molar-refractivity contribution in [3.05, 3.63) is 104 Å². The maximum absolute atomic E-state index is 14.8. The molecule has 0 aliphatic heterocycles. The lowest BCUT2D eigenvalue weighted by atomic mass is 9.84. The van der Waals surface area contributed by atoms with Crippen LogP contribution in [0.3, 0.4) is 0 Å². The van der Waals surface area contributed by atoms with Crippen LogP contribution < -0.4 is 5.56 Å². The molecule has 162 valence electrons. The van der Waals surface area contributed by atoms with E-state index in [1.54, 1.807) is 25.2 Å². The fraction of sp³-hybridized carbons (Fsp3) is 0.227. The third-order valence-electron chi connectivity index (χ3n) is 5.13. The molecule has 0 saturated carbocycles. The van der Waals surface area contributed by atoms with Crippen molar-refractivity contribution in [2.75, 3.05) is 6.26 Å². The third-order valence-corrected chi connectivity index (χ3v) is 6.49. The van der Waals surface area contributed by atoms with Gasteiger partial charge < -0.3 is 4.57 Å². The summed E-state index contributed by atoms with van der Waals surface area (Å²) >= 11 is 5.89. The molecular formula is C22H20ClFN2O4S. The van der Waals surface area contributed by atoms with E-state index in [0.717, 1.165) is 6.26 Å². The molecule has 2 unspecified atom stereocenters. The topological polar surface area (TPSA) is 85.6 Å². The normalized spacial score (nSPS) is 13.5. The van der Waals surface area contributed by atoms with E-state index in [2.05, 4.69) is 5.18 Å². The highest BCUT2D eigenvalue weighted by atomic mass is 35.5. The molecule has 2 atom stereocenters. The first-order valence-corrected chi connectivity index (χ1v) is 11.6. The van der Waals surface area contributed by atoms with E-state index >= 15 is 0 Å². The number of rotatable bonds is 7. The molecule has 0 bridgehead atoms. The van der Waals surface area contributed by atoms with Crippen molar-refractivity contribution in [2.24, 2.45) is 12.2 Å². The average Bonchev–Trinajstić information content (AvgIpc) is 2.71. The minimum atomic E-state index is -3.40. The number of aromatic nitrogens is 1. The van der Waals surface area contributed by atoms with Gasteiger partial charge in [-0.2, -0.15) is 4.91 Å². The molecule has 6 nitrogen and oxygen atoms in total. The highest BCUT2D eigenvalue weighted by Crippen LogP contribution is 2.37. The Morgan fingerprint density at radius 1 is 1.06 bits per heavy atom. The van der Waals surface area contributed by atoms with Gasteiger partial charge in [-0.25, -0.2) is 12.8 Å². The molecule has 0 N–H and O–H groups in total. The van der Waals surface area contributed by atoms with E-state index < -0.39 is 27.6 Å². The maximum Gasteiger partial charge on any atom is 0.250 e. The second kappa shape index (κ2) is 9.11. The molecule has 1 heterocycles. The number of nitroso groups, excluding NO2 is 1. The molecule has 0 aliphatic rings. The molecule has 0 saturated heterocycles. The van der Waals surface area contributed by atoms with Crippen LogP contribution in [0.25, 0.3) is 0 Å². The average molecular weight is 463 g/mol. The highest BCUT2D eigenvalue weighted by Gasteiger charge is 2.25. The minimum absolute atomic E-state index is 0.110. The SMILES string of the molecule is Cn1cc(C(CC(c2ccc(S(C)(=O)=O)cc2)c2ccc(Cl)cc2F)N=O)ccc1=O. The summed E-state index contributed by atoms with van der Waals surface area (Å²) in [6.07, 6.45) is 2.74. The van der Waals surface area contributed by atoms with Gasteiger partial charge in [-0.05, 0) is 53.4 Å². The van der Waals surface area contributed by atoms with Crippen LogP contribution in [-0.4, -0.2) is 19.2 Å². The van der Waals surface area contributed by atoms with E-state index in [1.165, 1.54) is 47.2 Å². The summed E-state index contributed by atoms with van der Waals surface area (Å²) in [4.78, 5) is 23.5. The van der Waals surface area contributed by atoms with E-state index in [-0.39, 0.29) is 21.9 Å². The molecule has 0 fully saturated rings. The highest BCUT2D eigenvalue weighted by molar-refractivity contribution is 7.90. The van der Waals surface area contributed by atoms with Crippen molar-refractivity contribution < 1.29 is 12.8 Å². The van der Waals surface area contributed by atoms with Crippen molar-refractivity contribution in [2.45, 2.75) is 23.3 Å².